The first-order valence-corrected chi connectivity index (χ1v) is 44.3. The van der Waals surface area contributed by atoms with Crippen LogP contribution in [0.4, 0.5) is 17.6 Å². The SMILES string of the molecule is Cc1ccc(S(=O)(=O)n2cc(-c3ccccc3F)c3c(-c4ccsc4)ccnc32)cc1.Cc1ccc(S(=O)(=O)n2cc(-c3ccccc3F)c3c(Cl)ccnc32)cc1.Cc1ccc(S(=O)(=O)n2cc(I)c3c(Cl)ccnc32)cc1.Fc1ccccc1-c1c[nH]c2nccc(-c3ccsc3)c12.OB(O)c1ccccc1F.OB(O)c1ccsc1. The molecule has 118 heavy (non-hydrogen) atoms. The van der Waals surface area contributed by atoms with Gasteiger partial charge in [0.25, 0.3) is 30.1 Å². The maximum atomic E-state index is 14.8. The highest BCUT2D eigenvalue weighted by Crippen LogP contribution is 2.43. The van der Waals surface area contributed by atoms with Crippen molar-refractivity contribution < 1.29 is 62.9 Å². The molecule has 11 aromatic heterocycles. The van der Waals surface area contributed by atoms with Gasteiger partial charge in [-0.1, -0.05) is 155 Å². The van der Waals surface area contributed by atoms with Gasteiger partial charge in [-0.15, -0.1) is 0 Å². The van der Waals surface area contributed by atoms with E-state index in [0.29, 0.717) is 59.6 Å². The lowest BCUT2D eigenvalue weighted by Crippen LogP contribution is -2.32. The van der Waals surface area contributed by atoms with E-state index in [9.17, 15) is 42.8 Å². The molecule has 5 N–H and O–H groups in total. The topological polar surface area (TPSA) is 265 Å². The van der Waals surface area contributed by atoms with Crippen molar-refractivity contribution in [3.63, 3.8) is 0 Å². The molecular formula is C85H63B2Cl2F4IN8O10S6. The van der Waals surface area contributed by atoms with Gasteiger partial charge in [-0.2, -0.15) is 34.0 Å². The first-order chi connectivity index (χ1) is 56.6. The summed E-state index contributed by atoms with van der Waals surface area (Å²) in [4.78, 5) is 20.8. The third-order valence-electron chi connectivity index (χ3n) is 18.3. The average molecular weight is 1840 g/mol. The Morgan fingerprint density at radius 1 is 0.381 bits per heavy atom. The van der Waals surface area contributed by atoms with Gasteiger partial charge < -0.3 is 25.1 Å². The van der Waals surface area contributed by atoms with Crippen LogP contribution in [-0.2, 0) is 30.1 Å². The summed E-state index contributed by atoms with van der Waals surface area (Å²) in [6.45, 7) is 5.68. The Balaban J connectivity index is 0.000000128. The molecule has 18 nitrogen and oxygen atoms in total. The molecule has 0 unspecified atom stereocenters. The van der Waals surface area contributed by atoms with E-state index in [1.165, 1.54) is 106 Å². The van der Waals surface area contributed by atoms with Gasteiger partial charge >= 0.3 is 14.2 Å². The van der Waals surface area contributed by atoms with Crippen LogP contribution >= 0.6 is 79.8 Å². The fraction of sp³-hybridized carbons (Fsp3) is 0.0353. The van der Waals surface area contributed by atoms with Crippen LogP contribution in [-0.4, -0.2) is 96.4 Å². The number of H-pyrrole nitrogens is 1. The van der Waals surface area contributed by atoms with Crippen molar-refractivity contribution in [2.75, 3.05) is 0 Å². The number of pyridine rings is 4. The molecule has 0 amide bonds. The average Bonchev–Trinajstić information content (AvgIpc) is 1.60. The molecule has 0 spiro atoms. The molecule has 0 atom stereocenters. The van der Waals surface area contributed by atoms with Crippen LogP contribution in [0.2, 0.25) is 10.0 Å². The number of fused-ring (bicyclic) bond motifs is 4. The summed E-state index contributed by atoms with van der Waals surface area (Å²) in [5.74, 6) is -1.71. The highest BCUT2D eigenvalue weighted by Gasteiger charge is 2.29. The second-order valence-corrected chi connectivity index (χ2v) is 35.8. The zero-order valence-corrected chi connectivity index (χ0v) is 70.5. The van der Waals surface area contributed by atoms with Crippen LogP contribution in [0.15, 0.2) is 309 Å². The lowest BCUT2D eigenvalue weighted by Gasteiger charge is -2.08. The Morgan fingerprint density at radius 3 is 1.16 bits per heavy atom. The molecule has 0 aliphatic heterocycles. The molecule has 0 aliphatic rings. The molecule has 18 aromatic rings. The maximum Gasteiger partial charge on any atom is 0.491 e. The molecule has 0 aliphatic carbocycles. The molecule has 11 heterocycles. The van der Waals surface area contributed by atoms with E-state index in [1.807, 2.05) is 67.4 Å². The van der Waals surface area contributed by atoms with Crippen molar-refractivity contribution in [3.8, 4) is 55.6 Å². The first kappa shape index (κ1) is 85.1. The largest absolute Gasteiger partial charge is 0.491 e. The number of hydrogen-bond acceptors (Lipinski definition) is 17. The van der Waals surface area contributed by atoms with Gasteiger partial charge in [0.2, 0.25) is 0 Å². The highest BCUT2D eigenvalue weighted by molar-refractivity contribution is 14.1. The number of nitrogens with one attached hydrogen (secondary N) is 1. The third-order valence-corrected chi connectivity index (χ3v) is 26.8. The van der Waals surface area contributed by atoms with Gasteiger partial charge in [-0.25, -0.2) is 74.7 Å². The predicted molar refractivity (Wildman–Crippen MR) is 472 cm³/mol. The summed E-state index contributed by atoms with van der Waals surface area (Å²) in [6.07, 6.45) is 12.5. The predicted octanol–water partition coefficient (Wildman–Crippen LogP) is 19.0. The molecule has 0 radical (unpaired) electrons. The van der Waals surface area contributed by atoms with Crippen LogP contribution in [0, 0.1) is 47.6 Å². The minimum Gasteiger partial charge on any atom is -0.423 e. The lowest BCUT2D eigenvalue weighted by molar-refractivity contribution is 0.422. The molecule has 594 valence electrons. The third kappa shape index (κ3) is 18.4. The fourth-order valence-electron chi connectivity index (χ4n) is 12.4. The van der Waals surface area contributed by atoms with E-state index in [1.54, 1.807) is 168 Å². The van der Waals surface area contributed by atoms with E-state index >= 15 is 0 Å². The second kappa shape index (κ2) is 37.0. The van der Waals surface area contributed by atoms with Crippen molar-refractivity contribution in [1.82, 2.24) is 36.8 Å². The summed E-state index contributed by atoms with van der Waals surface area (Å²) >= 11 is 19.2. The number of rotatable bonds is 13. The normalized spacial score (nSPS) is 11.3. The van der Waals surface area contributed by atoms with Crippen LogP contribution < -0.4 is 10.9 Å². The molecule has 7 aromatic carbocycles. The molecular weight excluding hydrogens is 1780 g/mol. The summed E-state index contributed by atoms with van der Waals surface area (Å²) < 4.78 is 139. The van der Waals surface area contributed by atoms with Crippen LogP contribution in [0.5, 0.6) is 0 Å². The van der Waals surface area contributed by atoms with Gasteiger partial charge in [-0.05, 0) is 200 Å². The number of hydrogen-bond donors (Lipinski definition) is 5. The van der Waals surface area contributed by atoms with E-state index in [4.69, 9.17) is 43.3 Å². The minimum absolute atomic E-state index is 0.0949. The smallest absolute Gasteiger partial charge is 0.423 e. The molecule has 0 saturated carbocycles. The second-order valence-electron chi connectivity index (χ2n) is 26.0. The number of aromatic amines is 1. The molecule has 0 bridgehead atoms. The van der Waals surface area contributed by atoms with Crippen LogP contribution in [0.3, 0.4) is 0 Å². The summed E-state index contributed by atoms with van der Waals surface area (Å²) in [5, 5.41) is 48.9. The van der Waals surface area contributed by atoms with Crippen LogP contribution in [0.1, 0.15) is 16.7 Å². The maximum absolute atomic E-state index is 14.8. The number of benzene rings is 7. The molecule has 18 rings (SSSR count). The van der Waals surface area contributed by atoms with Crippen molar-refractivity contribution in [1.29, 1.82) is 0 Å². The lowest BCUT2D eigenvalue weighted by atomic mass is 9.80. The Morgan fingerprint density at radius 2 is 0.754 bits per heavy atom. The van der Waals surface area contributed by atoms with Crippen LogP contribution in [0.25, 0.3) is 99.8 Å². The standard InChI is InChI=1S/C24H17FN2O2S2.C20H14ClFN2O2S.C17H11FN2S.C14H10ClIN2O2S.C6H6BFO2.C4H5BO2S/c1-16-6-8-18(9-7-16)31(28,29)27-14-21(20-4-2-3-5-22(20)25)23-19(10-12-26-24(23)27)17-11-13-30-15-17;1-13-6-8-14(9-7-13)27(25,26)24-12-16(15-4-2-3-5-18(15)22)19-17(21)10-11-23-20(19)24;18-15-4-2-1-3-13(15)14-9-20-17-16(14)12(5-7-19-17)11-6-8-21-10-11;1-9-2-4-10(5-3-9)21(19,20)18-8-12(16)13-11(15)6-7-17-14(13)18;8-6-4-2-1-3-5(6)7(9)10;6-5(7)4-1-2-8-3-4/h2-15H,1H3;2-12H,1H3;1-10H,(H,19,20);2-8H,1H3;1-4,9-10H;1-3,6-7H. The van der Waals surface area contributed by atoms with Gasteiger partial charge in [0.05, 0.1) is 30.1 Å². The number of aromatic nitrogens is 8. The number of halogens is 7. The molecule has 0 saturated heterocycles. The van der Waals surface area contributed by atoms with Gasteiger partial charge in [-0.3, -0.25) is 0 Å². The van der Waals surface area contributed by atoms with Gasteiger partial charge in [0.15, 0.2) is 16.9 Å². The van der Waals surface area contributed by atoms with Crippen molar-refractivity contribution in [2.24, 2.45) is 0 Å². The van der Waals surface area contributed by atoms with E-state index < -0.39 is 61.8 Å². The zero-order chi connectivity index (χ0) is 83.7. The Kier molecular flexibility index (Phi) is 26.7. The summed E-state index contributed by atoms with van der Waals surface area (Å²) in [6, 6.07) is 57.4. The van der Waals surface area contributed by atoms with Crippen molar-refractivity contribution in [3.05, 3.63) is 348 Å². The minimum atomic E-state index is -3.93. The Labute approximate surface area is 711 Å². The fourth-order valence-corrected chi connectivity index (χ4v) is 20.0. The summed E-state index contributed by atoms with van der Waals surface area (Å²) in [5.41, 5.74) is 11.7. The molecule has 33 heteroatoms. The Bertz CT molecular complexity index is 6980. The summed E-state index contributed by atoms with van der Waals surface area (Å²) in [7, 11) is -14.6. The Hall–Kier alpha value is -10.8. The van der Waals surface area contributed by atoms with Crippen molar-refractivity contribution >= 4 is 179 Å². The van der Waals surface area contributed by atoms with Crippen molar-refractivity contribution in [2.45, 2.75) is 35.5 Å². The molecule has 0 fully saturated rings. The van der Waals surface area contributed by atoms with E-state index in [0.717, 1.165) is 67.1 Å². The van der Waals surface area contributed by atoms with E-state index in [2.05, 4.69) is 59.0 Å². The van der Waals surface area contributed by atoms with Gasteiger partial charge in [0, 0.05) is 108 Å². The van der Waals surface area contributed by atoms with E-state index in [-0.39, 0.29) is 42.8 Å². The quantitative estimate of drug-likeness (QED) is 0.0408. The number of aryl methyl sites for hydroxylation is 3. The highest BCUT2D eigenvalue weighted by atomic mass is 127. The monoisotopic (exact) mass is 1840 g/mol. The number of thiophene rings is 3. The van der Waals surface area contributed by atoms with Gasteiger partial charge in [0.1, 0.15) is 28.9 Å². The number of nitrogens with zero attached hydrogens (tertiary/aromatic N) is 7. The first-order valence-electron chi connectivity index (χ1n) is 35.3. The zero-order valence-electron chi connectivity index (χ0n) is 61.9.